The lowest BCUT2D eigenvalue weighted by molar-refractivity contribution is -0.0353. The van der Waals surface area contributed by atoms with Crippen LogP contribution in [0.3, 0.4) is 0 Å². The lowest BCUT2D eigenvalue weighted by atomic mass is 10.1. The van der Waals surface area contributed by atoms with Crippen molar-refractivity contribution in [1.82, 2.24) is 5.32 Å². The van der Waals surface area contributed by atoms with Crippen molar-refractivity contribution in [3.05, 3.63) is 0 Å². The maximum Gasteiger partial charge on any atom is 0.0975 e. The summed E-state index contributed by atoms with van der Waals surface area (Å²) in [6, 6.07) is 0. The number of methoxy groups -OCH3 is 1. The highest BCUT2D eigenvalue weighted by Gasteiger charge is 2.19. The summed E-state index contributed by atoms with van der Waals surface area (Å²) in [5.41, 5.74) is -0.776. The van der Waals surface area contributed by atoms with Gasteiger partial charge in [0.15, 0.2) is 0 Å². The monoisotopic (exact) mass is 219 g/mol. The van der Waals surface area contributed by atoms with E-state index in [1.54, 1.807) is 14.0 Å². The van der Waals surface area contributed by atoms with Gasteiger partial charge < -0.3 is 19.9 Å². The number of nitrogens with one attached hydrogen (secondary N) is 1. The standard InChI is InChI=1S/C11H25NO3/c1-4-6-12-9-11(2,13)10-15-8-5-7-14-3/h12-13H,4-10H2,1-3H3. The van der Waals surface area contributed by atoms with Crippen molar-refractivity contribution in [2.45, 2.75) is 32.3 Å². The first-order valence-electron chi connectivity index (χ1n) is 5.62. The highest BCUT2D eigenvalue weighted by Crippen LogP contribution is 2.02. The maximum atomic E-state index is 9.88. The van der Waals surface area contributed by atoms with Gasteiger partial charge in [-0.2, -0.15) is 0 Å². The third-order valence-corrected chi connectivity index (χ3v) is 1.98. The number of aliphatic hydroxyl groups is 1. The zero-order valence-electron chi connectivity index (χ0n) is 10.2. The van der Waals surface area contributed by atoms with Crippen molar-refractivity contribution in [3.8, 4) is 0 Å². The van der Waals surface area contributed by atoms with Gasteiger partial charge in [-0.25, -0.2) is 0 Å². The van der Waals surface area contributed by atoms with E-state index in [1.165, 1.54) is 0 Å². The Morgan fingerprint density at radius 2 is 2.07 bits per heavy atom. The van der Waals surface area contributed by atoms with Crippen LogP contribution < -0.4 is 5.32 Å². The minimum atomic E-state index is -0.776. The van der Waals surface area contributed by atoms with Crippen molar-refractivity contribution in [1.29, 1.82) is 0 Å². The molecule has 0 aliphatic rings. The lowest BCUT2D eigenvalue weighted by Crippen LogP contribution is -2.42. The third-order valence-electron chi connectivity index (χ3n) is 1.98. The van der Waals surface area contributed by atoms with Gasteiger partial charge in [0.25, 0.3) is 0 Å². The fraction of sp³-hybridized carbons (Fsp3) is 1.00. The molecule has 0 saturated heterocycles. The molecule has 0 rings (SSSR count). The average Bonchev–Trinajstić information content (AvgIpc) is 2.17. The molecule has 0 radical (unpaired) electrons. The maximum absolute atomic E-state index is 9.88. The van der Waals surface area contributed by atoms with Crippen LogP contribution in [-0.2, 0) is 9.47 Å². The van der Waals surface area contributed by atoms with Gasteiger partial charge in [0, 0.05) is 26.9 Å². The SMILES string of the molecule is CCCNCC(C)(O)COCCCOC. The fourth-order valence-corrected chi connectivity index (χ4v) is 1.18. The van der Waals surface area contributed by atoms with E-state index in [2.05, 4.69) is 12.2 Å². The first kappa shape index (κ1) is 14.8. The van der Waals surface area contributed by atoms with Crippen LogP contribution in [0.4, 0.5) is 0 Å². The number of hydrogen-bond acceptors (Lipinski definition) is 4. The Bertz CT molecular complexity index is 140. The largest absolute Gasteiger partial charge is 0.386 e. The summed E-state index contributed by atoms with van der Waals surface area (Å²) in [5, 5.41) is 13.1. The van der Waals surface area contributed by atoms with Crippen LogP contribution in [0, 0.1) is 0 Å². The van der Waals surface area contributed by atoms with Crippen LogP contribution in [0.15, 0.2) is 0 Å². The first-order valence-corrected chi connectivity index (χ1v) is 5.62. The van der Waals surface area contributed by atoms with Crippen LogP contribution in [-0.4, -0.2) is 50.7 Å². The summed E-state index contributed by atoms with van der Waals surface area (Å²) in [7, 11) is 1.67. The average molecular weight is 219 g/mol. The highest BCUT2D eigenvalue weighted by molar-refractivity contribution is 4.74. The van der Waals surface area contributed by atoms with Crippen LogP contribution in [0.5, 0.6) is 0 Å². The highest BCUT2D eigenvalue weighted by atomic mass is 16.5. The summed E-state index contributed by atoms with van der Waals surface area (Å²) in [6.07, 6.45) is 1.94. The minimum absolute atomic E-state index is 0.368. The second-order valence-electron chi connectivity index (χ2n) is 4.07. The van der Waals surface area contributed by atoms with Gasteiger partial charge in [0.05, 0.1) is 12.2 Å². The Morgan fingerprint density at radius 1 is 1.33 bits per heavy atom. The van der Waals surface area contributed by atoms with Gasteiger partial charge >= 0.3 is 0 Å². The van der Waals surface area contributed by atoms with E-state index in [9.17, 15) is 5.11 Å². The molecule has 0 aromatic carbocycles. The van der Waals surface area contributed by atoms with Crippen LogP contribution in [0.2, 0.25) is 0 Å². The van der Waals surface area contributed by atoms with Gasteiger partial charge in [0.2, 0.25) is 0 Å². The molecule has 15 heavy (non-hydrogen) atoms. The Morgan fingerprint density at radius 3 is 2.67 bits per heavy atom. The lowest BCUT2D eigenvalue weighted by Gasteiger charge is -2.23. The second-order valence-corrected chi connectivity index (χ2v) is 4.07. The van der Waals surface area contributed by atoms with E-state index in [1.807, 2.05) is 0 Å². The molecule has 0 aromatic heterocycles. The van der Waals surface area contributed by atoms with Crippen molar-refractivity contribution in [2.75, 3.05) is 40.0 Å². The summed E-state index contributed by atoms with van der Waals surface area (Å²) in [5.74, 6) is 0. The predicted octanol–water partition coefficient (Wildman–Crippen LogP) is 0.790. The van der Waals surface area contributed by atoms with Crippen molar-refractivity contribution in [3.63, 3.8) is 0 Å². The van der Waals surface area contributed by atoms with E-state index < -0.39 is 5.60 Å². The molecular weight excluding hydrogens is 194 g/mol. The molecule has 0 aliphatic carbocycles. The van der Waals surface area contributed by atoms with Crippen LogP contribution >= 0.6 is 0 Å². The van der Waals surface area contributed by atoms with Crippen molar-refractivity contribution < 1.29 is 14.6 Å². The van der Waals surface area contributed by atoms with E-state index in [-0.39, 0.29) is 0 Å². The van der Waals surface area contributed by atoms with Crippen LogP contribution in [0.1, 0.15) is 26.7 Å². The van der Waals surface area contributed by atoms with E-state index in [0.717, 1.165) is 19.4 Å². The Kier molecular flexibility index (Phi) is 9.00. The van der Waals surface area contributed by atoms with Crippen LogP contribution in [0.25, 0.3) is 0 Å². The Labute approximate surface area is 93.0 Å². The van der Waals surface area contributed by atoms with Crippen molar-refractivity contribution in [2.24, 2.45) is 0 Å². The van der Waals surface area contributed by atoms with Crippen molar-refractivity contribution >= 4 is 0 Å². The van der Waals surface area contributed by atoms with E-state index in [0.29, 0.717) is 26.4 Å². The Hall–Kier alpha value is -0.160. The van der Waals surface area contributed by atoms with Gasteiger partial charge in [0.1, 0.15) is 0 Å². The summed E-state index contributed by atoms with van der Waals surface area (Å²) < 4.78 is 10.3. The predicted molar refractivity (Wildman–Crippen MR) is 61.1 cm³/mol. The summed E-state index contributed by atoms with van der Waals surface area (Å²) >= 11 is 0. The van der Waals surface area contributed by atoms with Gasteiger partial charge in [-0.1, -0.05) is 6.92 Å². The molecule has 4 heteroatoms. The summed E-state index contributed by atoms with van der Waals surface area (Å²) in [4.78, 5) is 0. The van der Waals surface area contributed by atoms with E-state index in [4.69, 9.17) is 9.47 Å². The smallest absolute Gasteiger partial charge is 0.0975 e. The first-order chi connectivity index (χ1) is 7.12. The molecule has 0 aliphatic heterocycles. The third kappa shape index (κ3) is 10.1. The molecule has 0 fully saturated rings. The topological polar surface area (TPSA) is 50.7 Å². The second kappa shape index (κ2) is 9.09. The molecular formula is C11H25NO3. The molecule has 4 nitrogen and oxygen atoms in total. The van der Waals surface area contributed by atoms with E-state index >= 15 is 0 Å². The van der Waals surface area contributed by atoms with Gasteiger partial charge in [-0.15, -0.1) is 0 Å². The van der Waals surface area contributed by atoms with Gasteiger partial charge in [-0.3, -0.25) is 0 Å². The quantitative estimate of drug-likeness (QED) is 0.533. The molecule has 0 heterocycles. The number of hydrogen-bond donors (Lipinski definition) is 2. The molecule has 1 unspecified atom stereocenters. The molecule has 2 N–H and O–H groups in total. The number of ether oxygens (including phenoxy) is 2. The normalized spacial score (nSPS) is 15.2. The molecule has 0 bridgehead atoms. The molecule has 92 valence electrons. The number of rotatable bonds is 10. The Balaban J connectivity index is 3.38. The zero-order chi connectivity index (χ0) is 11.6. The molecule has 1 atom stereocenters. The summed E-state index contributed by atoms with van der Waals surface area (Å²) in [6.45, 7) is 7.10. The zero-order valence-corrected chi connectivity index (χ0v) is 10.2. The fourth-order valence-electron chi connectivity index (χ4n) is 1.18. The molecule has 0 spiro atoms. The van der Waals surface area contributed by atoms with Gasteiger partial charge in [-0.05, 0) is 26.3 Å². The molecule has 0 saturated carbocycles. The minimum Gasteiger partial charge on any atom is -0.386 e. The molecule has 0 amide bonds. The molecule has 0 aromatic rings.